The predicted molar refractivity (Wildman–Crippen MR) is 95.2 cm³/mol. The molecule has 0 unspecified atom stereocenters. The predicted octanol–water partition coefficient (Wildman–Crippen LogP) is 2.90. The summed E-state index contributed by atoms with van der Waals surface area (Å²) in [6, 6.07) is 6.15. The van der Waals surface area contributed by atoms with Crippen molar-refractivity contribution in [3.63, 3.8) is 0 Å². The summed E-state index contributed by atoms with van der Waals surface area (Å²) in [4.78, 5) is 14.5. The minimum Gasteiger partial charge on any atom is -0.454 e. The molecule has 25 heavy (non-hydrogen) atoms. The maximum Gasteiger partial charge on any atom is 0.317 e. The maximum absolute atomic E-state index is 12.6. The van der Waals surface area contributed by atoms with E-state index in [1.54, 1.807) is 7.11 Å². The van der Waals surface area contributed by atoms with Gasteiger partial charge >= 0.3 is 6.03 Å². The van der Waals surface area contributed by atoms with Gasteiger partial charge in [-0.25, -0.2) is 4.79 Å². The summed E-state index contributed by atoms with van der Waals surface area (Å²) in [5.74, 6) is 1.55. The molecule has 0 bridgehead atoms. The number of nitrogens with zero attached hydrogens (tertiary/aromatic N) is 1. The Balaban J connectivity index is 1.59. The summed E-state index contributed by atoms with van der Waals surface area (Å²) in [5.41, 5.74) is 0.910. The molecule has 2 amide bonds. The van der Waals surface area contributed by atoms with E-state index in [4.69, 9.17) is 14.2 Å². The zero-order chi connectivity index (χ0) is 18.0. The normalized spacial score (nSPS) is 22.8. The van der Waals surface area contributed by atoms with E-state index in [9.17, 15) is 4.79 Å². The molecule has 1 fully saturated rings. The molecule has 6 nitrogen and oxygen atoms in total. The smallest absolute Gasteiger partial charge is 0.317 e. The number of carbonyl (C=O) groups excluding carboxylic acids is 1. The Morgan fingerprint density at radius 2 is 2.12 bits per heavy atom. The highest BCUT2D eigenvalue weighted by Crippen LogP contribution is 2.36. The fourth-order valence-electron chi connectivity index (χ4n) is 3.46. The number of amides is 2. The first-order valence-corrected chi connectivity index (χ1v) is 8.88. The number of methoxy groups -OCH3 is 1. The van der Waals surface area contributed by atoms with Crippen molar-refractivity contribution in [2.75, 3.05) is 27.0 Å². The molecule has 0 radical (unpaired) electrons. The van der Waals surface area contributed by atoms with Gasteiger partial charge in [0.25, 0.3) is 0 Å². The van der Waals surface area contributed by atoms with E-state index in [2.05, 4.69) is 26.1 Å². The van der Waals surface area contributed by atoms with Crippen molar-refractivity contribution < 1.29 is 19.0 Å². The third kappa shape index (κ3) is 3.84. The lowest BCUT2D eigenvalue weighted by atomic mass is 9.84. The summed E-state index contributed by atoms with van der Waals surface area (Å²) in [7, 11) is 1.74. The number of benzene rings is 1. The highest BCUT2D eigenvalue weighted by molar-refractivity contribution is 5.74. The number of rotatable bonds is 4. The molecule has 1 aromatic carbocycles. The van der Waals surface area contributed by atoms with Crippen LogP contribution in [0.25, 0.3) is 0 Å². The topological polar surface area (TPSA) is 60.0 Å². The highest BCUT2D eigenvalue weighted by atomic mass is 16.7. The molecular weight excluding hydrogens is 320 g/mol. The third-order valence-electron chi connectivity index (χ3n) is 5.26. The fraction of sp³-hybridized carbons (Fsp3) is 0.632. The molecule has 1 aromatic rings. The van der Waals surface area contributed by atoms with Crippen LogP contribution in [0.15, 0.2) is 18.2 Å². The Kier molecular flexibility index (Phi) is 5.08. The number of carbonyl (C=O) groups is 1. The third-order valence-corrected chi connectivity index (χ3v) is 5.26. The second-order valence-electron chi connectivity index (χ2n) is 7.54. The van der Waals surface area contributed by atoms with Gasteiger partial charge in [0.05, 0.1) is 6.10 Å². The molecule has 2 aliphatic rings. The molecule has 0 aliphatic carbocycles. The van der Waals surface area contributed by atoms with Crippen molar-refractivity contribution in [3.05, 3.63) is 23.8 Å². The van der Waals surface area contributed by atoms with Gasteiger partial charge in [0.2, 0.25) is 6.79 Å². The van der Waals surface area contributed by atoms with E-state index in [-0.39, 0.29) is 30.4 Å². The van der Waals surface area contributed by atoms with Crippen LogP contribution < -0.4 is 14.8 Å². The van der Waals surface area contributed by atoms with Gasteiger partial charge in [0, 0.05) is 31.7 Å². The zero-order valence-electron chi connectivity index (χ0n) is 15.5. The lowest BCUT2D eigenvalue weighted by Crippen LogP contribution is -2.52. The molecule has 2 aliphatic heterocycles. The number of hydrogen-bond donors (Lipinski definition) is 1. The van der Waals surface area contributed by atoms with Gasteiger partial charge in [-0.05, 0) is 37.5 Å². The lowest BCUT2D eigenvalue weighted by molar-refractivity contribution is 0.0292. The number of likely N-dealkylation sites (tertiary alicyclic amines) is 1. The molecule has 6 heteroatoms. The minimum absolute atomic E-state index is 0.00382. The number of fused-ring (bicyclic) bond motifs is 1. The van der Waals surface area contributed by atoms with Crippen LogP contribution in [0.5, 0.6) is 11.5 Å². The van der Waals surface area contributed by atoms with Crippen LogP contribution in [0.2, 0.25) is 0 Å². The molecule has 3 rings (SSSR count). The van der Waals surface area contributed by atoms with Gasteiger partial charge in [-0.2, -0.15) is 0 Å². The van der Waals surface area contributed by atoms with E-state index in [0.717, 1.165) is 36.4 Å². The van der Waals surface area contributed by atoms with Crippen LogP contribution in [0.4, 0.5) is 4.79 Å². The number of nitrogens with one attached hydrogen (secondary N) is 1. The quantitative estimate of drug-likeness (QED) is 0.909. The van der Waals surface area contributed by atoms with E-state index in [0.29, 0.717) is 6.54 Å². The maximum atomic E-state index is 12.6. The number of urea groups is 1. The molecule has 138 valence electrons. The monoisotopic (exact) mass is 348 g/mol. The molecule has 0 spiro atoms. The highest BCUT2D eigenvalue weighted by Gasteiger charge is 2.30. The van der Waals surface area contributed by atoms with Crippen molar-refractivity contribution in [2.45, 2.75) is 51.2 Å². The van der Waals surface area contributed by atoms with E-state index >= 15 is 0 Å². The fourth-order valence-corrected chi connectivity index (χ4v) is 3.46. The van der Waals surface area contributed by atoms with Crippen molar-refractivity contribution in [1.29, 1.82) is 0 Å². The van der Waals surface area contributed by atoms with Gasteiger partial charge in [-0.15, -0.1) is 0 Å². The molecule has 0 aromatic heterocycles. The van der Waals surface area contributed by atoms with Crippen LogP contribution in [-0.2, 0) is 10.2 Å². The minimum atomic E-state index is -0.204. The molecule has 2 atom stereocenters. The number of piperidine rings is 1. The zero-order valence-corrected chi connectivity index (χ0v) is 15.5. The molecule has 0 saturated carbocycles. The van der Waals surface area contributed by atoms with Gasteiger partial charge in [-0.3, -0.25) is 0 Å². The molecule has 1 saturated heterocycles. The largest absolute Gasteiger partial charge is 0.454 e. The Bertz CT molecular complexity index is 632. The summed E-state index contributed by atoms with van der Waals surface area (Å²) >= 11 is 0. The first-order valence-electron chi connectivity index (χ1n) is 8.88. The number of ether oxygens (including phenoxy) is 3. The molecule has 2 heterocycles. The van der Waals surface area contributed by atoms with Crippen molar-refractivity contribution in [2.24, 2.45) is 0 Å². The van der Waals surface area contributed by atoms with E-state index < -0.39 is 0 Å². The second-order valence-corrected chi connectivity index (χ2v) is 7.54. The standard InChI is InChI=1S/C19H28N2O4/c1-13-9-15(23-4)7-8-21(13)18(22)20-11-19(2,3)14-5-6-16-17(10-14)25-12-24-16/h5-6,10,13,15H,7-9,11-12H2,1-4H3,(H,20,22)/t13-,15+/m0/s1. The first-order chi connectivity index (χ1) is 11.9. The van der Waals surface area contributed by atoms with Crippen molar-refractivity contribution >= 4 is 6.03 Å². The lowest BCUT2D eigenvalue weighted by Gasteiger charge is -2.37. The van der Waals surface area contributed by atoms with Gasteiger partial charge < -0.3 is 24.4 Å². The average Bonchev–Trinajstić information content (AvgIpc) is 3.07. The van der Waals surface area contributed by atoms with Crippen LogP contribution in [0.1, 0.15) is 39.2 Å². The average molecular weight is 348 g/mol. The first kappa shape index (κ1) is 17.9. The van der Waals surface area contributed by atoms with E-state index in [1.807, 2.05) is 23.1 Å². The Labute approximate surface area is 149 Å². The summed E-state index contributed by atoms with van der Waals surface area (Å²) < 4.78 is 16.2. The van der Waals surface area contributed by atoms with Crippen LogP contribution in [0, 0.1) is 0 Å². The van der Waals surface area contributed by atoms with Crippen molar-refractivity contribution in [3.8, 4) is 11.5 Å². The van der Waals surface area contributed by atoms with Crippen molar-refractivity contribution in [1.82, 2.24) is 10.2 Å². The number of hydrogen-bond acceptors (Lipinski definition) is 4. The van der Waals surface area contributed by atoms with E-state index in [1.165, 1.54) is 0 Å². The van der Waals surface area contributed by atoms with Gasteiger partial charge in [-0.1, -0.05) is 19.9 Å². The molecular formula is C19H28N2O4. The summed E-state index contributed by atoms with van der Waals surface area (Å²) in [6.07, 6.45) is 2.03. The second kappa shape index (κ2) is 7.12. The Morgan fingerprint density at radius 1 is 1.36 bits per heavy atom. The van der Waals surface area contributed by atoms with Crippen LogP contribution >= 0.6 is 0 Å². The Morgan fingerprint density at radius 3 is 2.84 bits per heavy atom. The molecule has 1 N–H and O–H groups in total. The SMILES string of the molecule is CO[C@@H]1CCN(C(=O)NCC(C)(C)c2ccc3c(c2)OCO3)[C@@H](C)C1. The van der Waals surface area contributed by atoms with Crippen LogP contribution in [0.3, 0.4) is 0 Å². The van der Waals surface area contributed by atoms with Crippen LogP contribution in [-0.4, -0.2) is 50.1 Å². The van der Waals surface area contributed by atoms with Gasteiger partial charge in [0.1, 0.15) is 0 Å². The summed E-state index contributed by atoms with van der Waals surface area (Å²) in [6.45, 7) is 7.87. The Hall–Kier alpha value is -1.95. The summed E-state index contributed by atoms with van der Waals surface area (Å²) in [5, 5.41) is 3.10. The van der Waals surface area contributed by atoms with Gasteiger partial charge in [0.15, 0.2) is 11.5 Å².